The Morgan fingerprint density at radius 1 is 1.30 bits per heavy atom. The van der Waals surface area contributed by atoms with Gasteiger partial charge in [0.05, 0.1) is 18.6 Å². The number of alkyl carbamates (subject to hydrolysis) is 1. The molecule has 0 radical (unpaired) electrons. The molecule has 0 spiro atoms. The lowest BCUT2D eigenvalue weighted by molar-refractivity contribution is -0.140. The molecule has 0 aliphatic carbocycles. The van der Waals surface area contributed by atoms with Crippen LogP contribution in [-0.2, 0) is 19.0 Å². The van der Waals surface area contributed by atoms with Crippen molar-refractivity contribution in [1.82, 2.24) is 5.32 Å². The summed E-state index contributed by atoms with van der Waals surface area (Å²) in [5.74, 6) is -1.02. The molecule has 20 heavy (non-hydrogen) atoms. The molecule has 2 atom stereocenters. The van der Waals surface area contributed by atoms with Crippen molar-refractivity contribution < 1.29 is 28.9 Å². The molecule has 1 amide bonds. The lowest BCUT2D eigenvalue weighted by Crippen LogP contribution is -2.47. The number of carbonyl (C=O) groups is 2. The molecule has 0 heterocycles. The maximum Gasteiger partial charge on any atom is 0.407 e. The zero-order valence-corrected chi connectivity index (χ0v) is 12.8. The molecule has 0 aliphatic rings. The number of ether oxygens (including phenoxy) is 3. The monoisotopic (exact) mass is 291 g/mol. The van der Waals surface area contributed by atoms with E-state index in [0.29, 0.717) is 6.42 Å². The van der Waals surface area contributed by atoms with Crippen LogP contribution in [0.3, 0.4) is 0 Å². The summed E-state index contributed by atoms with van der Waals surface area (Å²) in [6.45, 7) is 7.07. The van der Waals surface area contributed by atoms with Crippen molar-refractivity contribution in [2.24, 2.45) is 0 Å². The van der Waals surface area contributed by atoms with Gasteiger partial charge >= 0.3 is 12.1 Å². The number of amides is 1. The standard InChI is InChI=1S/C13H25NO6/c1-6-10(19-8-18-5)9(7-11(15)16)14-12(17)20-13(2,3)4/h9-10H,6-8H2,1-5H3,(H,14,17)(H,15,16)/t9-,10-/m0/s1. The maximum absolute atomic E-state index is 11.7. The summed E-state index contributed by atoms with van der Waals surface area (Å²) >= 11 is 0. The van der Waals surface area contributed by atoms with Gasteiger partial charge in [0.15, 0.2) is 0 Å². The van der Waals surface area contributed by atoms with Crippen LogP contribution in [0.25, 0.3) is 0 Å². The highest BCUT2D eigenvalue weighted by molar-refractivity contribution is 5.71. The zero-order valence-electron chi connectivity index (χ0n) is 12.8. The summed E-state index contributed by atoms with van der Waals surface area (Å²) in [5.41, 5.74) is -0.646. The Morgan fingerprint density at radius 3 is 2.30 bits per heavy atom. The SMILES string of the molecule is CC[C@H](OCOC)[C@H](CC(=O)O)NC(=O)OC(C)(C)C. The third kappa shape index (κ3) is 8.71. The third-order valence-electron chi connectivity index (χ3n) is 2.35. The molecule has 0 aromatic carbocycles. The highest BCUT2D eigenvalue weighted by Gasteiger charge is 2.27. The van der Waals surface area contributed by atoms with Crippen LogP contribution in [0.4, 0.5) is 4.79 Å². The third-order valence-corrected chi connectivity index (χ3v) is 2.35. The summed E-state index contributed by atoms with van der Waals surface area (Å²) in [7, 11) is 1.47. The summed E-state index contributed by atoms with van der Waals surface area (Å²) in [6.07, 6.45) is -0.833. The second kappa shape index (κ2) is 8.76. The van der Waals surface area contributed by atoms with E-state index in [-0.39, 0.29) is 13.2 Å². The molecule has 0 saturated heterocycles. The topological polar surface area (TPSA) is 94.1 Å². The quantitative estimate of drug-likeness (QED) is 0.662. The summed E-state index contributed by atoms with van der Waals surface area (Å²) in [5, 5.41) is 11.5. The van der Waals surface area contributed by atoms with Gasteiger partial charge in [-0.2, -0.15) is 0 Å². The Hall–Kier alpha value is -1.34. The van der Waals surface area contributed by atoms with E-state index in [4.69, 9.17) is 19.3 Å². The number of carboxylic acids is 1. The molecule has 2 N–H and O–H groups in total. The van der Waals surface area contributed by atoms with Gasteiger partial charge in [0, 0.05) is 7.11 Å². The maximum atomic E-state index is 11.7. The molecule has 0 aromatic heterocycles. The first-order valence-corrected chi connectivity index (χ1v) is 6.51. The molecule has 0 bridgehead atoms. The van der Waals surface area contributed by atoms with Crippen molar-refractivity contribution in [3.05, 3.63) is 0 Å². The first-order chi connectivity index (χ1) is 9.19. The van der Waals surface area contributed by atoms with Gasteiger partial charge in [-0.05, 0) is 27.2 Å². The van der Waals surface area contributed by atoms with E-state index < -0.39 is 29.8 Å². The lowest BCUT2D eigenvalue weighted by atomic mass is 10.1. The van der Waals surface area contributed by atoms with Gasteiger partial charge in [-0.15, -0.1) is 0 Å². The van der Waals surface area contributed by atoms with Crippen LogP contribution in [0.1, 0.15) is 40.5 Å². The van der Waals surface area contributed by atoms with Crippen LogP contribution in [-0.4, -0.2) is 48.8 Å². The number of nitrogens with one attached hydrogen (secondary N) is 1. The van der Waals surface area contributed by atoms with E-state index in [2.05, 4.69) is 5.32 Å². The minimum absolute atomic E-state index is 0.0324. The normalized spacial score (nSPS) is 14.4. The Bertz CT molecular complexity index is 312. The second-order valence-electron chi connectivity index (χ2n) is 5.37. The largest absolute Gasteiger partial charge is 0.481 e. The molecule has 0 unspecified atom stereocenters. The van der Waals surface area contributed by atoms with E-state index in [1.807, 2.05) is 6.92 Å². The smallest absolute Gasteiger partial charge is 0.407 e. The van der Waals surface area contributed by atoms with Gasteiger partial charge in [-0.1, -0.05) is 6.92 Å². The summed E-state index contributed by atoms with van der Waals surface area (Å²) < 4.78 is 15.3. The molecule has 0 rings (SSSR count). The van der Waals surface area contributed by atoms with Crippen LogP contribution in [0, 0.1) is 0 Å². The summed E-state index contributed by atoms with van der Waals surface area (Å²) in [4.78, 5) is 22.6. The lowest BCUT2D eigenvalue weighted by Gasteiger charge is -2.27. The van der Waals surface area contributed by atoms with E-state index in [9.17, 15) is 9.59 Å². The zero-order chi connectivity index (χ0) is 15.8. The average Bonchev–Trinajstić information content (AvgIpc) is 2.26. The van der Waals surface area contributed by atoms with Crippen molar-refractivity contribution >= 4 is 12.1 Å². The second-order valence-corrected chi connectivity index (χ2v) is 5.37. The molecule has 0 saturated carbocycles. The Morgan fingerprint density at radius 2 is 1.90 bits per heavy atom. The van der Waals surface area contributed by atoms with Crippen LogP contribution in [0.2, 0.25) is 0 Å². The van der Waals surface area contributed by atoms with Crippen LogP contribution in [0.5, 0.6) is 0 Å². The summed E-state index contributed by atoms with van der Waals surface area (Å²) in [6, 6.07) is -0.678. The number of methoxy groups -OCH3 is 1. The minimum Gasteiger partial charge on any atom is -0.481 e. The van der Waals surface area contributed by atoms with Gasteiger partial charge < -0.3 is 24.6 Å². The molecule has 0 aromatic rings. The van der Waals surface area contributed by atoms with Crippen molar-refractivity contribution in [3.63, 3.8) is 0 Å². The molecule has 7 heteroatoms. The van der Waals surface area contributed by atoms with Crippen LogP contribution in [0.15, 0.2) is 0 Å². The minimum atomic E-state index is -1.02. The van der Waals surface area contributed by atoms with E-state index >= 15 is 0 Å². The Balaban J connectivity index is 4.68. The highest BCUT2D eigenvalue weighted by atomic mass is 16.7. The highest BCUT2D eigenvalue weighted by Crippen LogP contribution is 2.11. The van der Waals surface area contributed by atoms with Crippen molar-refractivity contribution in [2.75, 3.05) is 13.9 Å². The molecule has 7 nitrogen and oxygen atoms in total. The van der Waals surface area contributed by atoms with Gasteiger partial charge in [-0.3, -0.25) is 4.79 Å². The van der Waals surface area contributed by atoms with E-state index in [0.717, 1.165) is 0 Å². The molecular formula is C13H25NO6. The Labute approximate surface area is 119 Å². The van der Waals surface area contributed by atoms with Gasteiger partial charge in [0.25, 0.3) is 0 Å². The predicted octanol–water partition coefficient (Wildman–Crippen LogP) is 1.75. The predicted molar refractivity (Wildman–Crippen MR) is 72.5 cm³/mol. The number of rotatable bonds is 8. The van der Waals surface area contributed by atoms with Crippen LogP contribution >= 0.6 is 0 Å². The molecule has 118 valence electrons. The van der Waals surface area contributed by atoms with Gasteiger partial charge in [-0.25, -0.2) is 4.79 Å². The van der Waals surface area contributed by atoms with Gasteiger partial charge in [0.1, 0.15) is 12.4 Å². The Kier molecular flexibility index (Phi) is 8.17. The number of carboxylic acid groups (broad SMARTS) is 1. The van der Waals surface area contributed by atoms with Gasteiger partial charge in [0.2, 0.25) is 0 Å². The average molecular weight is 291 g/mol. The number of carbonyl (C=O) groups excluding carboxylic acids is 1. The fourth-order valence-electron chi connectivity index (χ4n) is 1.60. The first-order valence-electron chi connectivity index (χ1n) is 6.51. The first kappa shape index (κ1) is 18.7. The van der Waals surface area contributed by atoms with Crippen molar-refractivity contribution in [2.45, 2.75) is 58.3 Å². The fraction of sp³-hybridized carbons (Fsp3) is 0.846. The van der Waals surface area contributed by atoms with Crippen LogP contribution < -0.4 is 5.32 Å². The fourth-order valence-corrected chi connectivity index (χ4v) is 1.60. The number of hydrogen-bond acceptors (Lipinski definition) is 5. The van der Waals surface area contributed by atoms with E-state index in [1.165, 1.54) is 7.11 Å². The van der Waals surface area contributed by atoms with E-state index in [1.54, 1.807) is 20.8 Å². The van der Waals surface area contributed by atoms with Crippen molar-refractivity contribution in [1.29, 1.82) is 0 Å². The number of hydrogen-bond donors (Lipinski definition) is 2. The molecular weight excluding hydrogens is 266 g/mol. The number of aliphatic carboxylic acids is 1. The molecule has 0 aliphatic heterocycles. The molecule has 0 fully saturated rings. The van der Waals surface area contributed by atoms with Crippen molar-refractivity contribution in [3.8, 4) is 0 Å².